The van der Waals surface area contributed by atoms with Crippen molar-refractivity contribution in [3.63, 3.8) is 0 Å². The quantitative estimate of drug-likeness (QED) is 0.722. The van der Waals surface area contributed by atoms with Crippen LogP contribution in [-0.4, -0.2) is 49.6 Å². The second kappa shape index (κ2) is 6.86. The van der Waals surface area contributed by atoms with Crippen LogP contribution < -0.4 is 10.6 Å². The third kappa shape index (κ3) is 4.94. The van der Waals surface area contributed by atoms with Gasteiger partial charge < -0.3 is 15.5 Å². The highest BCUT2D eigenvalue weighted by molar-refractivity contribution is 5.78. The number of carbonyl (C=O) groups excluding carboxylic acids is 1. The predicted molar refractivity (Wildman–Crippen MR) is 66.4 cm³/mol. The summed E-state index contributed by atoms with van der Waals surface area (Å²) in [4.78, 5) is 13.9. The van der Waals surface area contributed by atoms with Crippen LogP contribution in [-0.2, 0) is 4.79 Å². The summed E-state index contributed by atoms with van der Waals surface area (Å²) in [6.07, 6.45) is 3.28. The molecule has 1 amide bonds. The van der Waals surface area contributed by atoms with Crippen molar-refractivity contribution in [1.29, 1.82) is 0 Å². The third-order valence-electron chi connectivity index (χ3n) is 3.29. The Morgan fingerprint density at radius 1 is 1.44 bits per heavy atom. The zero-order valence-corrected chi connectivity index (χ0v) is 10.8. The Morgan fingerprint density at radius 3 is 2.62 bits per heavy atom. The van der Waals surface area contributed by atoms with Gasteiger partial charge >= 0.3 is 0 Å². The van der Waals surface area contributed by atoms with Gasteiger partial charge in [-0.1, -0.05) is 6.92 Å². The fourth-order valence-electron chi connectivity index (χ4n) is 1.88. The smallest absolute Gasteiger partial charge is 0.234 e. The predicted octanol–water partition coefficient (Wildman–Crippen LogP) is 0.585. The van der Waals surface area contributed by atoms with E-state index in [1.807, 2.05) is 6.92 Å². The highest BCUT2D eigenvalue weighted by Crippen LogP contribution is 2.07. The number of piperidine rings is 1. The number of hydrogen-bond donors (Lipinski definition) is 2. The number of nitrogens with zero attached hydrogens (tertiary/aromatic N) is 1. The zero-order chi connectivity index (χ0) is 12.0. The minimum atomic E-state index is 0.119. The SMILES string of the molecule is CCC(C)NC(=O)CNC1CCN(C)CC1. The van der Waals surface area contributed by atoms with Gasteiger partial charge in [0.05, 0.1) is 6.54 Å². The second-order valence-electron chi connectivity index (χ2n) is 4.84. The molecule has 0 saturated carbocycles. The molecular weight excluding hydrogens is 202 g/mol. The van der Waals surface area contributed by atoms with Crippen molar-refractivity contribution in [1.82, 2.24) is 15.5 Å². The van der Waals surface area contributed by atoms with Crippen LogP contribution in [0, 0.1) is 0 Å². The molecule has 4 heteroatoms. The summed E-state index contributed by atoms with van der Waals surface area (Å²) in [5.41, 5.74) is 0. The lowest BCUT2D eigenvalue weighted by molar-refractivity contribution is -0.121. The van der Waals surface area contributed by atoms with Crippen LogP contribution in [0.25, 0.3) is 0 Å². The third-order valence-corrected chi connectivity index (χ3v) is 3.29. The zero-order valence-electron chi connectivity index (χ0n) is 10.8. The largest absolute Gasteiger partial charge is 0.353 e. The van der Waals surface area contributed by atoms with E-state index in [0.717, 1.165) is 32.4 Å². The van der Waals surface area contributed by atoms with E-state index in [4.69, 9.17) is 0 Å². The second-order valence-corrected chi connectivity index (χ2v) is 4.84. The van der Waals surface area contributed by atoms with Crippen molar-refractivity contribution in [3.05, 3.63) is 0 Å². The molecule has 2 N–H and O–H groups in total. The Morgan fingerprint density at radius 2 is 2.06 bits per heavy atom. The Kier molecular flexibility index (Phi) is 5.77. The molecule has 1 aliphatic rings. The molecule has 1 unspecified atom stereocenters. The average Bonchev–Trinajstić information content (AvgIpc) is 2.28. The van der Waals surface area contributed by atoms with Gasteiger partial charge in [-0.2, -0.15) is 0 Å². The van der Waals surface area contributed by atoms with Gasteiger partial charge in [0.15, 0.2) is 0 Å². The first-order valence-electron chi connectivity index (χ1n) is 6.33. The summed E-state index contributed by atoms with van der Waals surface area (Å²) in [6, 6.07) is 0.797. The van der Waals surface area contributed by atoms with Crippen molar-refractivity contribution in [3.8, 4) is 0 Å². The fraction of sp³-hybridized carbons (Fsp3) is 0.917. The van der Waals surface area contributed by atoms with E-state index in [9.17, 15) is 4.79 Å². The van der Waals surface area contributed by atoms with Crippen molar-refractivity contribution in [2.75, 3.05) is 26.7 Å². The molecule has 0 aromatic rings. The highest BCUT2D eigenvalue weighted by atomic mass is 16.1. The summed E-state index contributed by atoms with van der Waals surface area (Å²) in [6.45, 7) is 6.83. The summed E-state index contributed by atoms with van der Waals surface area (Å²) in [5, 5.41) is 6.30. The first-order valence-corrected chi connectivity index (χ1v) is 6.33. The topological polar surface area (TPSA) is 44.4 Å². The lowest BCUT2D eigenvalue weighted by Gasteiger charge is -2.29. The van der Waals surface area contributed by atoms with Gasteiger partial charge in [-0.25, -0.2) is 0 Å². The molecule has 1 atom stereocenters. The maximum Gasteiger partial charge on any atom is 0.234 e. The maximum absolute atomic E-state index is 11.5. The van der Waals surface area contributed by atoms with E-state index in [-0.39, 0.29) is 11.9 Å². The standard InChI is InChI=1S/C12H25N3O/c1-4-10(2)14-12(16)9-13-11-5-7-15(3)8-6-11/h10-11,13H,4-9H2,1-3H3,(H,14,16). The van der Waals surface area contributed by atoms with E-state index < -0.39 is 0 Å². The number of amides is 1. The van der Waals surface area contributed by atoms with E-state index in [0.29, 0.717) is 12.6 Å². The van der Waals surface area contributed by atoms with Gasteiger partial charge in [0.2, 0.25) is 5.91 Å². The molecule has 1 aliphatic heterocycles. The Hall–Kier alpha value is -0.610. The van der Waals surface area contributed by atoms with Gasteiger partial charge in [0.1, 0.15) is 0 Å². The molecule has 4 nitrogen and oxygen atoms in total. The van der Waals surface area contributed by atoms with Gasteiger partial charge in [-0.3, -0.25) is 4.79 Å². The molecule has 0 radical (unpaired) electrons. The van der Waals surface area contributed by atoms with Crippen LogP contribution in [0.15, 0.2) is 0 Å². The molecule has 94 valence electrons. The first-order chi connectivity index (χ1) is 7.61. The maximum atomic E-state index is 11.5. The Labute approximate surface area is 98.8 Å². The van der Waals surface area contributed by atoms with Gasteiger partial charge in [-0.15, -0.1) is 0 Å². The number of hydrogen-bond acceptors (Lipinski definition) is 3. The molecule has 0 aromatic carbocycles. The van der Waals surface area contributed by atoms with E-state index >= 15 is 0 Å². The van der Waals surface area contributed by atoms with Crippen LogP contribution >= 0.6 is 0 Å². The van der Waals surface area contributed by atoms with E-state index in [1.54, 1.807) is 0 Å². The van der Waals surface area contributed by atoms with Crippen molar-refractivity contribution < 1.29 is 4.79 Å². The van der Waals surface area contributed by atoms with Gasteiger partial charge in [0, 0.05) is 12.1 Å². The number of carbonyl (C=O) groups is 1. The first kappa shape index (κ1) is 13.5. The molecular formula is C12H25N3O. The molecule has 0 aromatic heterocycles. The Bertz CT molecular complexity index is 212. The molecule has 1 saturated heterocycles. The molecule has 0 aliphatic carbocycles. The molecule has 0 bridgehead atoms. The number of rotatable bonds is 5. The highest BCUT2D eigenvalue weighted by Gasteiger charge is 2.16. The number of likely N-dealkylation sites (tertiary alicyclic amines) is 1. The van der Waals surface area contributed by atoms with Crippen molar-refractivity contribution >= 4 is 5.91 Å². The fourth-order valence-corrected chi connectivity index (χ4v) is 1.88. The van der Waals surface area contributed by atoms with Crippen molar-refractivity contribution in [2.45, 2.75) is 45.2 Å². The molecule has 1 heterocycles. The van der Waals surface area contributed by atoms with E-state index in [1.165, 1.54) is 0 Å². The van der Waals surface area contributed by atoms with Gasteiger partial charge in [0.25, 0.3) is 0 Å². The van der Waals surface area contributed by atoms with Gasteiger partial charge in [-0.05, 0) is 46.3 Å². The lowest BCUT2D eigenvalue weighted by Crippen LogP contribution is -2.46. The molecule has 16 heavy (non-hydrogen) atoms. The van der Waals surface area contributed by atoms with E-state index in [2.05, 4.69) is 29.5 Å². The van der Waals surface area contributed by atoms with Crippen LogP contribution in [0.5, 0.6) is 0 Å². The normalized spacial score (nSPS) is 20.7. The summed E-state index contributed by atoms with van der Waals surface area (Å²) in [7, 11) is 2.14. The minimum Gasteiger partial charge on any atom is -0.353 e. The van der Waals surface area contributed by atoms with Crippen LogP contribution in [0.2, 0.25) is 0 Å². The summed E-state index contributed by atoms with van der Waals surface area (Å²) < 4.78 is 0. The molecule has 0 spiro atoms. The molecule has 1 rings (SSSR count). The van der Waals surface area contributed by atoms with Crippen LogP contribution in [0.1, 0.15) is 33.1 Å². The van der Waals surface area contributed by atoms with Crippen LogP contribution in [0.3, 0.4) is 0 Å². The van der Waals surface area contributed by atoms with Crippen LogP contribution in [0.4, 0.5) is 0 Å². The summed E-state index contributed by atoms with van der Waals surface area (Å²) >= 11 is 0. The minimum absolute atomic E-state index is 0.119. The Balaban J connectivity index is 2.12. The average molecular weight is 227 g/mol. The lowest BCUT2D eigenvalue weighted by atomic mass is 10.1. The number of nitrogens with one attached hydrogen (secondary N) is 2. The molecule has 1 fully saturated rings. The summed E-state index contributed by atoms with van der Waals surface area (Å²) in [5.74, 6) is 0.119. The monoisotopic (exact) mass is 227 g/mol. The van der Waals surface area contributed by atoms with Crippen molar-refractivity contribution in [2.24, 2.45) is 0 Å².